The van der Waals surface area contributed by atoms with E-state index in [1.807, 2.05) is 11.6 Å². The maximum absolute atomic E-state index is 5.99. The standard InChI is InChI=1S/C11H18N4S/c1-4-8(2)15-10(12)14-7-11(15,3)9-13-5-6-16-9/h5-6,8H,4,7H2,1-3H3,(H2,12,14). The molecular formula is C11H18N4S. The first-order valence-electron chi connectivity index (χ1n) is 5.59. The van der Waals surface area contributed by atoms with E-state index in [-0.39, 0.29) is 5.54 Å². The van der Waals surface area contributed by atoms with Crippen LogP contribution in [0.5, 0.6) is 0 Å². The molecule has 2 unspecified atom stereocenters. The Kier molecular flexibility index (Phi) is 2.88. The predicted octanol–water partition coefficient (Wildman–Crippen LogP) is 1.79. The van der Waals surface area contributed by atoms with Gasteiger partial charge in [0.1, 0.15) is 10.5 Å². The number of guanidine groups is 1. The number of thiazole rings is 1. The minimum atomic E-state index is -0.159. The van der Waals surface area contributed by atoms with Crippen LogP contribution in [0, 0.1) is 0 Å². The van der Waals surface area contributed by atoms with E-state index in [4.69, 9.17) is 5.73 Å². The Balaban J connectivity index is 2.35. The van der Waals surface area contributed by atoms with Crippen molar-refractivity contribution in [1.29, 1.82) is 0 Å². The molecule has 0 spiro atoms. The van der Waals surface area contributed by atoms with Crippen molar-refractivity contribution >= 4 is 17.3 Å². The topological polar surface area (TPSA) is 54.5 Å². The number of nitrogens with two attached hydrogens (primary N) is 1. The minimum absolute atomic E-state index is 0.159. The van der Waals surface area contributed by atoms with Crippen LogP contribution >= 0.6 is 11.3 Å². The highest BCUT2D eigenvalue weighted by molar-refractivity contribution is 7.09. The summed E-state index contributed by atoms with van der Waals surface area (Å²) in [5, 5.41) is 3.10. The van der Waals surface area contributed by atoms with Crippen LogP contribution in [0.15, 0.2) is 16.6 Å². The van der Waals surface area contributed by atoms with Crippen LogP contribution in [0.2, 0.25) is 0 Å². The summed E-state index contributed by atoms with van der Waals surface area (Å²) in [5.74, 6) is 0.645. The summed E-state index contributed by atoms with van der Waals surface area (Å²) in [5.41, 5.74) is 5.83. The summed E-state index contributed by atoms with van der Waals surface area (Å²) in [6.07, 6.45) is 2.89. The Morgan fingerprint density at radius 3 is 3.00 bits per heavy atom. The van der Waals surface area contributed by atoms with Crippen molar-refractivity contribution < 1.29 is 0 Å². The molecule has 88 valence electrons. The molecule has 0 bridgehead atoms. The molecule has 1 aliphatic rings. The second-order valence-corrected chi connectivity index (χ2v) is 5.31. The highest BCUT2D eigenvalue weighted by Gasteiger charge is 2.43. The number of hydrogen-bond acceptors (Lipinski definition) is 5. The fourth-order valence-corrected chi connectivity index (χ4v) is 2.98. The molecule has 0 saturated heterocycles. The lowest BCUT2D eigenvalue weighted by atomic mass is 10.00. The molecule has 1 aliphatic heterocycles. The molecule has 0 amide bonds. The molecule has 2 atom stereocenters. The van der Waals surface area contributed by atoms with E-state index in [0.717, 1.165) is 11.4 Å². The maximum atomic E-state index is 5.99. The zero-order valence-corrected chi connectivity index (χ0v) is 10.8. The van der Waals surface area contributed by atoms with Crippen LogP contribution in [-0.4, -0.2) is 28.4 Å². The van der Waals surface area contributed by atoms with Gasteiger partial charge in [-0.25, -0.2) is 4.98 Å². The van der Waals surface area contributed by atoms with Gasteiger partial charge in [0.25, 0.3) is 0 Å². The zero-order chi connectivity index (χ0) is 11.8. The lowest BCUT2D eigenvalue weighted by Crippen LogP contribution is -2.51. The Hall–Kier alpha value is -1.10. The Bertz CT molecular complexity index is 387. The number of rotatable bonds is 3. The molecule has 2 N–H and O–H groups in total. The molecule has 16 heavy (non-hydrogen) atoms. The Labute approximate surface area is 100 Å². The first-order valence-corrected chi connectivity index (χ1v) is 6.46. The van der Waals surface area contributed by atoms with E-state index in [2.05, 4.69) is 35.6 Å². The van der Waals surface area contributed by atoms with Gasteiger partial charge < -0.3 is 10.6 Å². The van der Waals surface area contributed by atoms with Crippen molar-refractivity contribution in [3.8, 4) is 0 Å². The average molecular weight is 238 g/mol. The van der Waals surface area contributed by atoms with Crippen LogP contribution in [0.3, 0.4) is 0 Å². The molecule has 4 nitrogen and oxygen atoms in total. The van der Waals surface area contributed by atoms with Gasteiger partial charge in [0, 0.05) is 17.6 Å². The van der Waals surface area contributed by atoms with Gasteiger partial charge in [-0.2, -0.15) is 0 Å². The van der Waals surface area contributed by atoms with Crippen molar-refractivity contribution in [2.24, 2.45) is 10.7 Å². The summed E-state index contributed by atoms with van der Waals surface area (Å²) < 4.78 is 0. The molecule has 0 saturated carbocycles. The minimum Gasteiger partial charge on any atom is -0.370 e. The van der Waals surface area contributed by atoms with Crippen LogP contribution < -0.4 is 5.73 Å². The van der Waals surface area contributed by atoms with Crippen LogP contribution in [-0.2, 0) is 5.54 Å². The van der Waals surface area contributed by atoms with E-state index < -0.39 is 0 Å². The number of nitrogens with zero attached hydrogens (tertiary/aromatic N) is 3. The zero-order valence-electron chi connectivity index (χ0n) is 9.97. The summed E-state index contributed by atoms with van der Waals surface area (Å²) in [7, 11) is 0. The quantitative estimate of drug-likeness (QED) is 0.873. The Morgan fingerprint density at radius 2 is 2.44 bits per heavy atom. The number of hydrogen-bond donors (Lipinski definition) is 1. The molecule has 2 rings (SSSR count). The number of aromatic nitrogens is 1. The van der Waals surface area contributed by atoms with Gasteiger partial charge in [-0.05, 0) is 20.3 Å². The molecule has 0 aromatic carbocycles. The highest BCUT2D eigenvalue weighted by atomic mass is 32.1. The van der Waals surface area contributed by atoms with Crippen LogP contribution in [0.25, 0.3) is 0 Å². The van der Waals surface area contributed by atoms with Crippen LogP contribution in [0.4, 0.5) is 0 Å². The van der Waals surface area contributed by atoms with Gasteiger partial charge in [-0.1, -0.05) is 6.92 Å². The van der Waals surface area contributed by atoms with Gasteiger partial charge in [0.05, 0.1) is 6.54 Å². The normalized spacial score (nSPS) is 26.9. The second kappa shape index (κ2) is 4.05. The summed E-state index contributed by atoms with van der Waals surface area (Å²) in [6, 6.07) is 0.389. The smallest absolute Gasteiger partial charge is 0.192 e. The molecule has 1 aromatic heterocycles. The Morgan fingerprint density at radius 1 is 1.69 bits per heavy atom. The highest BCUT2D eigenvalue weighted by Crippen LogP contribution is 2.35. The molecule has 5 heteroatoms. The molecular weight excluding hydrogens is 220 g/mol. The third-order valence-electron chi connectivity index (χ3n) is 3.25. The summed E-state index contributed by atoms with van der Waals surface area (Å²) in [4.78, 5) is 11.0. The van der Waals surface area contributed by atoms with E-state index in [1.54, 1.807) is 11.3 Å². The second-order valence-electron chi connectivity index (χ2n) is 4.41. The van der Waals surface area contributed by atoms with Gasteiger partial charge in [-0.15, -0.1) is 11.3 Å². The molecule has 1 aromatic rings. The first-order chi connectivity index (χ1) is 7.59. The van der Waals surface area contributed by atoms with Crippen molar-refractivity contribution in [3.05, 3.63) is 16.6 Å². The van der Waals surface area contributed by atoms with Crippen LogP contribution in [0.1, 0.15) is 32.2 Å². The third kappa shape index (κ3) is 1.59. The lowest BCUT2D eigenvalue weighted by molar-refractivity contribution is 0.171. The fraction of sp³-hybridized carbons (Fsp3) is 0.636. The summed E-state index contributed by atoms with van der Waals surface area (Å²) in [6.45, 7) is 7.22. The summed E-state index contributed by atoms with van der Waals surface area (Å²) >= 11 is 1.67. The monoisotopic (exact) mass is 238 g/mol. The van der Waals surface area contributed by atoms with Gasteiger partial charge in [0.15, 0.2) is 5.96 Å². The molecule has 2 heterocycles. The van der Waals surface area contributed by atoms with E-state index in [9.17, 15) is 0 Å². The lowest BCUT2D eigenvalue weighted by Gasteiger charge is -2.38. The van der Waals surface area contributed by atoms with E-state index >= 15 is 0 Å². The van der Waals surface area contributed by atoms with Crippen molar-refractivity contribution in [2.75, 3.05) is 6.54 Å². The molecule has 0 aliphatic carbocycles. The van der Waals surface area contributed by atoms with Crippen molar-refractivity contribution in [2.45, 2.75) is 38.8 Å². The average Bonchev–Trinajstić information content (AvgIpc) is 2.87. The van der Waals surface area contributed by atoms with Gasteiger partial charge >= 0.3 is 0 Å². The first kappa shape index (κ1) is 11.4. The van der Waals surface area contributed by atoms with Gasteiger partial charge in [0.2, 0.25) is 0 Å². The van der Waals surface area contributed by atoms with E-state index in [1.165, 1.54) is 0 Å². The third-order valence-corrected chi connectivity index (χ3v) is 4.28. The molecule has 0 fully saturated rings. The number of aliphatic imine (C=N–C) groups is 1. The predicted molar refractivity (Wildman–Crippen MR) is 67.5 cm³/mol. The van der Waals surface area contributed by atoms with Crippen molar-refractivity contribution in [3.63, 3.8) is 0 Å². The van der Waals surface area contributed by atoms with E-state index in [0.29, 0.717) is 18.5 Å². The SMILES string of the molecule is CCC(C)N1C(N)=NCC1(C)c1nccs1. The van der Waals surface area contributed by atoms with Crippen molar-refractivity contribution in [1.82, 2.24) is 9.88 Å². The fourth-order valence-electron chi connectivity index (χ4n) is 2.20. The maximum Gasteiger partial charge on any atom is 0.192 e. The van der Waals surface area contributed by atoms with Gasteiger partial charge in [-0.3, -0.25) is 4.99 Å². The largest absolute Gasteiger partial charge is 0.370 e. The molecule has 0 radical (unpaired) electrons.